The summed E-state index contributed by atoms with van der Waals surface area (Å²) in [4.78, 5) is 28.5. The molecule has 7 heteroatoms. The molecule has 1 saturated heterocycles. The van der Waals surface area contributed by atoms with Gasteiger partial charge in [-0.25, -0.2) is 0 Å². The summed E-state index contributed by atoms with van der Waals surface area (Å²) in [6.07, 6.45) is 0. The fourth-order valence-electron chi connectivity index (χ4n) is 3.30. The molecular weight excluding hydrogens is 388 g/mol. The van der Waals surface area contributed by atoms with Crippen molar-refractivity contribution in [3.8, 4) is 0 Å². The van der Waals surface area contributed by atoms with Crippen LogP contribution in [0, 0.1) is 0 Å². The quantitative estimate of drug-likeness (QED) is 0.679. The van der Waals surface area contributed by atoms with Gasteiger partial charge in [0.1, 0.15) is 0 Å². The molecule has 0 atom stereocenters. The Balaban J connectivity index is 1.30. The summed E-state index contributed by atoms with van der Waals surface area (Å²) >= 11 is 6.24. The predicted octanol–water partition coefficient (Wildman–Crippen LogP) is 1.89. The van der Waals surface area contributed by atoms with Gasteiger partial charge in [0.2, 0.25) is 0 Å². The molecule has 2 aromatic carbocycles. The summed E-state index contributed by atoms with van der Waals surface area (Å²) in [5.74, 6) is -1.18. The molecule has 0 spiro atoms. The van der Waals surface area contributed by atoms with E-state index in [0.717, 1.165) is 55.4 Å². The van der Waals surface area contributed by atoms with Gasteiger partial charge in [-0.2, -0.15) is 0 Å². The third kappa shape index (κ3) is 6.85. The minimum atomic E-state index is -0.599. The topological polar surface area (TPSA) is 64.7 Å². The van der Waals surface area contributed by atoms with E-state index in [9.17, 15) is 9.59 Å². The summed E-state index contributed by atoms with van der Waals surface area (Å²) in [6.45, 7) is 6.17. The molecule has 2 aromatic rings. The summed E-state index contributed by atoms with van der Waals surface area (Å²) in [5, 5.41) is 6.15. The fourth-order valence-corrected chi connectivity index (χ4v) is 3.50. The Hall–Kier alpha value is -2.41. The SMILES string of the molecule is O=C(NCCN1CCN(Cc2ccccc2Cl)CC1)C(=O)NCc1ccccc1. The first-order valence-corrected chi connectivity index (χ1v) is 10.3. The number of halogens is 1. The second-order valence-corrected chi connectivity index (χ2v) is 7.54. The van der Waals surface area contributed by atoms with E-state index in [4.69, 9.17) is 11.6 Å². The Bertz CT molecular complexity index is 807. The molecule has 0 saturated carbocycles. The Morgan fingerprint density at radius 2 is 1.45 bits per heavy atom. The Morgan fingerprint density at radius 3 is 2.17 bits per heavy atom. The molecule has 154 valence electrons. The van der Waals surface area contributed by atoms with Crippen LogP contribution < -0.4 is 10.6 Å². The van der Waals surface area contributed by atoms with Crippen LogP contribution in [-0.4, -0.2) is 60.9 Å². The average Bonchev–Trinajstić information content (AvgIpc) is 2.75. The molecule has 1 aliphatic heterocycles. The van der Waals surface area contributed by atoms with Crippen LogP contribution in [0.25, 0.3) is 0 Å². The standard InChI is InChI=1S/C22H27ClN4O2/c23-20-9-5-4-8-19(20)17-27-14-12-26(13-15-27)11-10-24-21(28)22(29)25-16-18-6-2-1-3-7-18/h1-9H,10-17H2,(H,24,28)(H,25,29). The predicted molar refractivity (Wildman–Crippen MR) is 114 cm³/mol. The maximum absolute atomic E-state index is 11.9. The molecule has 1 aliphatic rings. The molecule has 1 fully saturated rings. The minimum Gasteiger partial charge on any atom is -0.347 e. The number of nitrogens with zero attached hydrogens (tertiary/aromatic N) is 2. The first-order chi connectivity index (χ1) is 14.1. The number of nitrogens with one attached hydrogen (secondary N) is 2. The van der Waals surface area contributed by atoms with Crippen LogP contribution in [0.2, 0.25) is 5.02 Å². The number of hydrogen-bond donors (Lipinski definition) is 2. The smallest absolute Gasteiger partial charge is 0.309 e. The van der Waals surface area contributed by atoms with Gasteiger partial charge in [-0.15, -0.1) is 0 Å². The van der Waals surface area contributed by atoms with Crippen molar-refractivity contribution in [3.05, 3.63) is 70.7 Å². The van der Waals surface area contributed by atoms with Crippen molar-refractivity contribution in [1.82, 2.24) is 20.4 Å². The van der Waals surface area contributed by atoms with E-state index >= 15 is 0 Å². The molecule has 2 amide bonds. The number of carbonyl (C=O) groups excluding carboxylic acids is 2. The van der Waals surface area contributed by atoms with Crippen LogP contribution >= 0.6 is 11.6 Å². The molecule has 0 bridgehead atoms. The van der Waals surface area contributed by atoms with Crippen LogP contribution in [0.3, 0.4) is 0 Å². The van der Waals surface area contributed by atoms with E-state index in [-0.39, 0.29) is 0 Å². The van der Waals surface area contributed by atoms with Crippen LogP contribution in [-0.2, 0) is 22.7 Å². The number of hydrogen-bond acceptors (Lipinski definition) is 4. The first-order valence-electron chi connectivity index (χ1n) is 9.90. The molecule has 6 nitrogen and oxygen atoms in total. The van der Waals surface area contributed by atoms with Gasteiger partial charge >= 0.3 is 11.8 Å². The Labute approximate surface area is 176 Å². The van der Waals surface area contributed by atoms with Crippen LogP contribution in [0.15, 0.2) is 54.6 Å². The van der Waals surface area contributed by atoms with Crippen LogP contribution in [0.4, 0.5) is 0 Å². The lowest BCUT2D eigenvalue weighted by atomic mass is 10.2. The molecule has 3 rings (SSSR count). The molecule has 1 heterocycles. The Kier molecular flexibility index (Phi) is 8.04. The van der Waals surface area contributed by atoms with Gasteiger partial charge in [0, 0.05) is 57.4 Å². The lowest BCUT2D eigenvalue weighted by molar-refractivity contribution is -0.139. The van der Waals surface area contributed by atoms with Crippen molar-refractivity contribution < 1.29 is 9.59 Å². The molecule has 29 heavy (non-hydrogen) atoms. The third-order valence-electron chi connectivity index (χ3n) is 5.03. The first kappa shape index (κ1) is 21.3. The monoisotopic (exact) mass is 414 g/mol. The van der Waals surface area contributed by atoms with Gasteiger partial charge in [0.25, 0.3) is 0 Å². The van der Waals surface area contributed by atoms with E-state index in [1.807, 2.05) is 48.5 Å². The largest absolute Gasteiger partial charge is 0.347 e. The average molecular weight is 415 g/mol. The van der Waals surface area contributed by atoms with Crippen molar-refractivity contribution in [3.63, 3.8) is 0 Å². The van der Waals surface area contributed by atoms with E-state index in [2.05, 4.69) is 26.5 Å². The third-order valence-corrected chi connectivity index (χ3v) is 5.40. The summed E-state index contributed by atoms with van der Waals surface area (Å²) in [6, 6.07) is 17.5. The van der Waals surface area contributed by atoms with Crippen molar-refractivity contribution in [2.45, 2.75) is 13.1 Å². The van der Waals surface area contributed by atoms with E-state index < -0.39 is 11.8 Å². The molecule has 0 aromatic heterocycles. The highest BCUT2D eigenvalue weighted by Gasteiger charge is 2.18. The van der Waals surface area contributed by atoms with E-state index in [1.165, 1.54) is 0 Å². The van der Waals surface area contributed by atoms with Gasteiger partial charge in [-0.3, -0.25) is 19.4 Å². The molecule has 0 aliphatic carbocycles. The summed E-state index contributed by atoms with van der Waals surface area (Å²) in [7, 11) is 0. The number of benzene rings is 2. The summed E-state index contributed by atoms with van der Waals surface area (Å²) < 4.78 is 0. The van der Waals surface area contributed by atoms with Gasteiger partial charge in [-0.1, -0.05) is 60.1 Å². The highest BCUT2D eigenvalue weighted by molar-refractivity contribution is 6.35. The zero-order valence-electron chi connectivity index (χ0n) is 16.4. The van der Waals surface area contributed by atoms with E-state index in [0.29, 0.717) is 13.1 Å². The molecular formula is C22H27ClN4O2. The second-order valence-electron chi connectivity index (χ2n) is 7.13. The van der Waals surface area contributed by atoms with Crippen molar-refractivity contribution in [1.29, 1.82) is 0 Å². The molecule has 0 radical (unpaired) electrons. The van der Waals surface area contributed by atoms with Gasteiger partial charge < -0.3 is 10.6 Å². The van der Waals surface area contributed by atoms with Gasteiger partial charge in [0.15, 0.2) is 0 Å². The molecule has 0 unspecified atom stereocenters. The van der Waals surface area contributed by atoms with Crippen molar-refractivity contribution in [2.75, 3.05) is 39.3 Å². The lowest BCUT2D eigenvalue weighted by Crippen LogP contribution is -2.49. The molecule has 2 N–H and O–H groups in total. The highest BCUT2D eigenvalue weighted by atomic mass is 35.5. The number of rotatable bonds is 7. The van der Waals surface area contributed by atoms with Crippen molar-refractivity contribution >= 4 is 23.4 Å². The van der Waals surface area contributed by atoms with Crippen LogP contribution in [0.5, 0.6) is 0 Å². The maximum Gasteiger partial charge on any atom is 0.309 e. The minimum absolute atomic E-state index is 0.348. The highest BCUT2D eigenvalue weighted by Crippen LogP contribution is 2.17. The normalized spacial score (nSPS) is 15.1. The number of carbonyl (C=O) groups is 2. The zero-order valence-corrected chi connectivity index (χ0v) is 17.2. The maximum atomic E-state index is 11.9. The lowest BCUT2D eigenvalue weighted by Gasteiger charge is -2.34. The van der Waals surface area contributed by atoms with Gasteiger partial charge in [0.05, 0.1) is 0 Å². The zero-order chi connectivity index (χ0) is 20.5. The second kappa shape index (κ2) is 11.0. The summed E-state index contributed by atoms with van der Waals surface area (Å²) in [5.41, 5.74) is 2.11. The van der Waals surface area contributed by atoms with Crippen molar-refractivity contribution in [2.24, 2.45) is 0 Å². The van der Waals surface area contributed by atoms with Crippen LogP contribution in [0.1, 0.15) is 11.1 Å². The van der Waals surface area contributed by atoms with E-state index in [1.54, 1.807) is 0 Å². The number of amides is 2. The van der Waals surface area contributed by atoms with Gasteiger partial charge in [-0.05, 0) is 17.2 Å². The number of piperazine rings is 1. The Morgan fingerprint density at radius 1 is 0.828 bits per heavy atom. The fraction of sp³-hybridized carbons (Fsp3) is 0.364.